The quantitative estimate of drug-likeness (QED) is 0.0845. The maximum absolute atomic E-state index is 13.4. The molecule has 2 saturated heterocycles. The SMILES string of the molecule is COc1cc(N2CCC(Oc3ccc(C4CC4)cc3)C2=O)ccc1OCC(Oc1ccc(N2CCC(Oc3ccc(C4CC4)cc3)C2=O)cc1OC)OS(C)(=O)=O. The summed E-state index contributed by atoms with van der Waals surface area (Å²) in [6.45, 7) is 0.536. The molecular formula is C43H46N2O11S. The summed E-state index contributed by atoms with van der Waals surface area (Å²) in [4.78, 5) is 30.0. The van der Waals surface area contributed by atoms with Crippen LogP contribution in [0.25, 0.3) is 0 Å². The molecule has 0 bridgehead atoms. The minimum absolute atomic E-state index is 0.163. The molecular weight excluding hydrogens is 753 g/mol. The summed E-state index contributed by atoms with van der Waals surface area (Å²) in [6, 6.07) is 25.9. The predicted octanol–water partition coefficient (Wildman–Crippen LogP) is 6.59. The predicted molar refractivity (Wildman–Crippen MR) is 211 cm³/mol. The van der Waals surface area contributed by atoms with Gasteiger partial charge >= 0.3 is 0 Å². The van der Waals surface area contributed by atoms with Crippen LogP contribution in [0.4, 0.5) is 11.4 Å². The first kappa shape index (κ1) is 38.4. The number of amides is 2. The summed E-state index contributed by atoms with van der Waals surface area (Å²) < 4.78 is 65.1. The molecule has 0 radical (unpaired) electrons. The summed E-state index contributed by atoms with van der Waals surface area (Å²) in [5.74, 6) is 3.24. The number of nitrogens with zero attached hydrogens (tertiary/aromatic N) is 2. The Morgan fingerprint density at radius 1 is 0.614 bits per heavy atom. The summed E-state index contributed by atoms with van der Waals surface area (Å²) in [5, 5.41) is 0. The Labute approximate surface area is 332 Å². The van der Waals surface area contributed by atoms with Gasteiger partial charge in [0.15, 0.2) is 41.8 Å². The Morgan fingerprint density at radius 2 is 1.07 bits per heavy atom. The maximum atomic E-state index is 13.4. The highest BCUT2D eigenvalue weighted by atomic mass is 32.2. The standard InChI is InChI=1S/C43H46N2O11S/c1-50-39-24-31(44-22-20-37(42(44)46)53-33-14-8-29(9-15-33)27-4-5-27)12-18-35(39)52-26-41(56-57(3,48)49)55-36-19-13-32(25-40(36)51-2)45-23-21-38(43(45)47)54-34-16-10-30(11-17-34)28-6-7-28/h8-19,24-25,27-28,37-38,41H,4-7,20-23,26H2,1-3H3. The zero-order chi connectivity index (χ0) is 39.7. The lowest BCUT2D eigenvalue weighted by atomic mass is 10.1. The van der Waals surface area contributed by atoms with Gasteiger partial charge in [-0.2, -0.15) is 8.42 Å². The fourth-order valence-corrected chi connectivity index (χ4v) is 7.76. The van der Waals surface area contributed by atoms with Gasteiger partial charge in [-0.15, -0.1) is 0 Å². The fourth-order valence-electron chi connectivity index (χ4n) is 7.28. The Kier molecular flexibility index (Phi) is 10.9. The number of rotatable bonds is 17. The largest absolute Gasteiger partial charge is 0.493 e. The van der Waals surface area contributed by atoms with Crippen molar-refractivity contribution in [2.24, 2.45) is 0 Å². The lowest BCUT2D eigenvalue weighted by molar-refractivity contribution is -0.123. The van der Waals surface area contributed by atoms with E-state index in [0.29, 0.717) is 66.4 Å². The highest BCUT2D eigenvalue weighted by Crippen LogP contribution is 2.42. The number of ether oxygens (including phenoxy) is 6. The van der Waals surface area contributed by atoms with Crippen molar-refractivity contribution in [2.75, 3.05) is 50.0 Å². The third-order valence-electron chi connectivity index (χ3n) is 10.6. The van der Waals surface area contributed by atoms with Crippen molar-refractivity contribution >= 4 is 33.3 Å². The fraction of sp³-hybridized carbons (Fsp3) is 0.395. The van der Waals surface area contributed by atoms with Crippen molar-refractivity contribution in [1.82, 2.24) is 0 Å². The van der Waals surface area contributed by atoms with Gasteiger partial charge in [-0.25, -0.2) is 4.18 Å². The molecule has 300 valence electrons. The highest BCUT2D eigenvalue weighted by Gasteiger charge is 2.36. The zero-order valence-corrected chi connectivity index (χ0v) is 32.9. The van der Waals surface area contributed by atoms with E-state index in [1.807, 2.05) is 24.3 Å². The number of carbonyl (C=O) groups excluding carboxylic acids is 2. The van der Waals surface area contributed by atoms with E-state index in [9.17, 15) is 18.0 Å². The molecule has 2 aliphatic heterocycles. The van der Waals surface area contributed by atoms with E-state index in [1.54, 1.807) is 46.2 Å². The molecule has 4 aliphatic rings. The summed E-state index contributed by atoms with van der Waals surface area (Å²) >= 11 is 0. The van der Waals surface area contributed by atoms with Crippen molar-refractivity contribution < 1.29 is 50.6 Å². The molecule has 4 fully saturated rings. The first-order valence-corrected chi connectivity index (χ1v) is 21.1. The first-order chi connectivity index (χ1) is 27.5. The summed E-state index contributed by atoms with van der Waals surface area (Å²) in [5.41, 5.74) is 3.76. The molecule has 3 unspecified atom stereocenters. The molecule has 0 aromatic heterocycles. The van der Waals surface area contributed by atoms with Crippen LogP contribution in [0.3, 0.4) is 0 Å². The monoisotopic (exact) mass is 798 g/mol. The molecule has 8 rings (SSSR count). The van der Waals surface area contributed by atoms with Gasteiger partial charge in [-0.1, -0.05) is 24.3 Å². The van der Waals surface area contributed by atoms with Crippen molar-refractivity contribution in [3.63, 3.8) is 0 Å². The minimum atomic E-state index is -4.00. The van der Waals surface area contributed by atoms with E-state index in [2.05, 4.69) is 24.3 Å². The van der Waals surface area contributed by atoms with E-state index < -0.39 is 28.6 Å². The number of benzene rings is 4. The van der Waals surface area contributed by atoms with Crippen LogP contribution in [-0.4, -0.2) is 78.9 Å². The van der Waals surface area contributed by atoms with Gasteiger partial charge in [0, 0.05) is 49.4 Å². The van der Waals surface area contributed by atoms with Crippen LogP contribution >= 0.6 is 0 Å². The second kappa shape index (κ2) is 16.2. The Bertz CT molecular complexity index is 2210. The molecule has 0 N–H and O–H groups in total. The number of hydrogen-bond donors (Lipinski definition) is 0. The number of carbonyl (C=O) groups is 2. The molecule has 14 heteroatoms. The first-order valence-electron chi connectivity index (χ1n) is 19.2. The molecule has 2 saturated carbocycles. The van der Waals surface area contributed by atoms with Crippen LogP contribution in [-0.2, 0) is 23.9 Å². The zero-order valence-electron chi connectivity index (χ0n) is 32.1. The van der Waals surface area contributed by atoms with Crippen LogP contribution < -0.4 is 38.2 Å². The van der Waals surface area contributed by atoms with Gasteiger partial charge in [0.1, 0.15) is 11.5 Å². The van der Waals surface area contributed by atoms with Gasteiger partial charge in [0.05, 0.1) is 20.5 Å². The van der Waals surface area contributed by atoms with Crippen LogP contribution in [0.15, 0.2) is 84.9 Å². The van der Waals surface area contributed by atoms with E-state index in [4.69, 9.17) is 32.6 Å². The molecule has 4 aromatic carbocycles. The highest BCUT2D eigenvalue weighted by molar-refractivity contribution is 7.86. The molecule has 3 atom stereocenters. The molecule has 2 aliphatic carbocycles. The lowest BCUT2D eigenvalue weighted by Crippen LogP contribution is -2.32. The van der Waals surface area contributed by atoms with Gasteiger partial charge in [0.25, 0.3) is 28.2 Å². The van der Waals surface area contributed by atoms with Crippen molar-refractivity contribution in [3.05, 3.63) is 96.1 Å². The van der Waals surface area contributed by atoms with E-state index >= 15 is 0 Å². The maximum Gasteiger partial charge on any atom is 0.268 e. The third-order valence-corrected chi connectivity index (χ3v) is 11.1. The molecule has 57 heavy (non-hydrogen) atoms. The lowest BCUT2D eigenvalue weighted by Gasteiger charge is -2.23. The van der Waals surface area contributed by atoms with Crippen molar-refractivity contribution in [3.8, 4) is 34.5 Å². The molecule has 4 aromatic rings. The van der Waals surface area contributed by atoms with Crippen LogP contribution in [0, 0.1) is 0 Å². The summed E-state index contributed by atoms with van der Waals surface area (Å²) in [6.07, 6.45) is 4.12. The van der Waals surface area contributed by atoms with Gasteiger partial charge in [0.2, 0.25) is 0 Å². The van der Waals surface area contributed by atoms with E-state index in [0.717, 1.165) is 6.26 Å². The normalized spacial score (nSPS) is 20.1. The van der Waals surface area contributed by atoms with Crippen molar-refractivity contribution in [1.29, 1.82) is 0 Å². The molecule has 0 spiro atoms. The number of hydrogen-bond acceptors (Lipinski definition) is 11. The van der Waals surface area contributed by atoms with Crippen LogP contribution in [0.2, 0.25) is 0 Å². The molecule has 2 amide bonds. The van der Waals surface area contributed by atoms with E-state index in [1.165, 1.54) is 51.0 Å². The Morgan fingerprint density at radius 3 is 1.51 bits per heavy atom. The Balaban J connectivity index is 0.900. The van der Waals surface area contributed by atoms with Crippen LogP contribution in [0.1, 0.15) is 61.5 Å². The Hall–Kier alpha value is -5.47. The topological polar surface area (TPSA) is 139 Å². The average Bonchev–Trinajstić information content (AvgIpc) is 4.15. The van der Waals surface area contributed by atoms with Gasteiger partial charge in [-0.3, -0.25) is 9.59 Å². The van der Waals surface area contributed by atoms with Gasteiger partial charge in [-0.05, 0) is 97.2 Å². The minimum Gasteiger partial charge on any atom is -0.493 e. The second-order valence-electron chi connectivity index (χ2n) is 14.8. The second-order valence-corrected chi connectivity index (χ2v) is 16.4. The average molecular weight is 799 g/mol. The third kappa shape index (κ3) is 9.07. The van der Waals surface area contributed by atoms with Crippen molar-refractivity contribution in [2.45, 2.75) is 68.9 Å². The van der Waals surface area contributed by atoms with E-state index in [-0.39, 0.29) is 35.7 Å². The van der Waals surface area contributed by atoms with Crippen LogP contribution in [0.5, 0.6) is 34.5 Å². The molecule has 13 nitrogen and oxygen atoms in total. The van der Waals surface area contributed by atoms with Gasteiger partial charge < -0.3 is 38.2 Å². The number of methoxy groups -OCH3 is 2. The smallest absolute Gasteiger partial charge is 0.268 e. The summed E-state index contributed by atoms with van der Waals surface area (Å²) in [7, 11) is -1.10. The molecule has 2 heterocycles. The number of anilines is 2.